The van der Waals surface area contributed by atoms with Gasteiger partial charge >= 0.3 is 23.9 Å². The van der Waals surface area contributed by atoms with Gasteiger partial charge in [-0.15, -0.1) is 0 Å². The molecule has 15 nitrogen and oxygen atoms in total. The molecule has 1 aromatic carbocycles. The molecule has 0 radical (unpaired) electrons. The number of non-ortho nitro benzene ring substituents is 1. The quantitative estimate of drug-likeness (QED) is 0.186. The van der Waals surface area contributed by atoms with Crippen molar-refractivity contribution >= 4 is 35.5 Å². The van der Waals surface area contributed by atoms with Gasteiger partial charge < -0.3 is 33.7 Å². The molecule has 1 saturated heterocycles. The van der Waals surface area contributed by atoms with E-state index in [1.54, 1.807) is 0 Å². The van der Waals surface area contributed by atoms with Crippen molar-refractivity contribution in [2.24, 2.45) is 0 Å². The molecule has 2 rings (SSSR count). The number of nitrogens with one attached hydrogen (secondary N) is 1. The van der Waals surface area contributed by atoms with Crippen LogP contribution in [0, 0.1) is 10.1 Å². The van der Waals surface area contributed by atoms with Gasteiger partial charge in [0.1, 0.15) is 31.5 Å². The van der Waals surface area contributed by atoms with Crippen LogP contribution in [0.3, 0.4) is 0 Å². The van der Waals surface area contributed by atoms with Gasteiger partial charge in [-0.05, 0) is 12.1 Å². The third kappa shape index (κ3) is 8.50. The maximum Gasteiger partial charge on any atom is 0.331 e. The third-order valence-electron chi connectivity index (χ3n) is 4.94. The van der Waals surface area contributed by atoms with Crippen molar-refractivity contribution in [3.8, 4) is 0 Å². The fourth-order valence-corrected chi connectivity index (χ4v) is 3.38. The second-order valence-electron chi connectivity index (χ2n) is 7.68. The first-order valence-corrected chi connectivity index (χ1v) is 10.8. The van der Waals surface area contributed by atoms with Crippen LogP contribution in [0.15, 0.2) is 24.3 Å². The number of ether oxygens (including phenoxy) is 6. The summed E-state index contributed by atoms with van der Waals surface area (Å²) < 4.78 is 31.4. The van der Waals surface area contributed by atoms with Gasteiger partial charge in [0, 0.05) is 38.5 Å². The molecule has 0 spiro atoms. The van der Waals surface area contributed by atoms with Crippen molar-refractivity contribution in [2.45, 2.75) is 51.4 Å². The molecule has 1 aromatic rings. The van der Waals surface area contributed by atoms with Crippen LogP contribution in [0.25, 0.3) is 0 Å². The predicted octanol–water partition coefficient (Wildman–Crippen LogP) is 0.0342. The van der Waals surface area contributed by atoms with Crippen molar-refractivity contribution in [1.82, 2.24) is 5.32 Å². The van der Waals surface area contributed by atoms with Crippen LogP contribution in [-0.4, -0.2) is 85.7 Å². The predicted molar refractivity (Wildman–Crippen MR) is 119 cm³/mol. The van der Waals surface area contributed by atoms with Crippen LogP contribution in [0.2, 0.25) is 0 Å². The molecule has 0 saturated carbocycles. The number of methoxy groups -OCH3 is 1. The summed E-state index contributed by atoms with van der Waals surface area (Å²) in [6.07, 6.45) is -5.50. The Morgan fingerprint density at radius 1 is 0.973 bits per heavy atom. The first-order chi connectivity index (χ1) is 17.4. The fourth-order valence-electron chi connectivity index (χ4n) is 3.38. The number of rotatable bonds is 10. The third-order valence-corrected chi connectivity index (χ3v) is 4.94. The minimum atomic E-state index is -1.55. The van der Waals surface area contributed by atoms with E-state index >= 15 is 0 Å². The van der Waals surface area contributed by atoms with Crippen LogP contribution in [0.4, 0.5) is 5.69 Å². The number of carbonyl (C=O) groups excluding carboxylic acids is 5. The maximum atomic E-state index is 13.0. The molecule has 1 amide bonds. The van der Waals surface area contributed by atoms with E-state index in [0.29, 0.717) is 0 Å². The molecule has 0 aliphatic carbocycles. The average molecular weight is 526 g/mol. The van der Waals surface area contributed by atoms with E-state index in [1.807, 2.05) is 0 Å². The van der Waals surface area contributed by atoms with Crippen LogP contribution < -0.4 is 5.32 Å². The molecule has 1 aliphatic rings. The van der Waals surface area contributed by atoms with E-state index in [-0.39, 0.29) is 11.3 Å². The van der Waals surface area contributed by atoms with Crippen molar-refractivity contribution in [1.29, 1.82) is 0 Å². The second kappa shape index (κ2) is 13.3. The summed E-state index contributed by atoms with van der Waals surface area (Å²) >= 11 is 0. The smallest absolute Gasteiger partial charge is 0.331 e. The summed E-state index contributed by atoms with van der Waals surface area (Å²) in [5.41, 5.74) is -0.261. The van der Waals surface area contributed by atoms with Gasteiger partial charge in [0.15, 0.2) is 6.10 Å². The highest BCUT2D eigenvalue weighted by Crippen LogP contribution is 2.28. The number of nitrogens with zero attached hydrogens (tertiary/aromatic N) is 1. The summed E-state index contributed by atoms with van der Waals surface area (Å²) in [6.45, 7) is 2.18. The minimum absolute atomic E-state index is 0.00929. The lowest BCUT2D eigenvalue weighted by atomic mass is 9.95. The van der Waals surface area contributed by atoms with Gasteiger partial charge in [0.25, 0.3) is 11.6 Å². The maximum absolute atomic E-state index is 13.0. The molecular formula is C22H26N2O13. The number of benzene rings is 1. The highest BCUT2D eigenvalue weighted by molar-refractivity contribution is 5.94. The molecule has 1 heterocycles. The Kier molecular flexibility index (Phi) is 10.4. The van der Waals surface area contributed by atoms with Crippen molar-refractivity contribution in [3.63, 3.8) is 0 Å². The van der Waals surface area contributed by atoms with Crippen LogP contribution in [-0.2, 0) is 47.6 Å². The van der Waals surface area contributed by atoms with E-state index in [9.17, 15) is 34.1 Å². The molecule has 202 valence electrons. The first kappa shape index (κ1) is 29.1. The van der Waals surface area contributed by atoms with Crippen LogP contribution >= 0.6 is 0 Å². The lowest BCUT2D eigenvalue weighted by Crippen LogP contribution is -2.66. The molecule has 1 fully saturated rings. The highest BCUT2D eigenvalue weighted by atomic mass is 16.7. The summed E-state index contributed by atoms with van der Waals surface area (Å²) in [7, 11) is 1.11. The summed E-state index contributed by atoms with van der Waals surface area (Å²) in [5, 5.41) is 13.4. The Balaban J connectivity index is 2.46. The number of hydrogen-bond donors (Lipinski definition) is 1. The first-order valence-electron chi connectivity index (χ1n) is 10.8. The highest BCUT2D eigenvalue weighted by Gasteiger charge is 2.51. The zero-order chi connectivity index (χ0) is 27.7. The molecule has 1 aliphatic heterocycles. The monoisotopic (exact) mass is 526 g/mol. The minimum Gasteiger partial charge on any atom is -0.467 e. The van der Waals surface area contributed by atoms with Gasteiger partial charge in [-0.3, -0.25) is 29.3 Å². The second-order valence-corrected chi connectivity index (χ2v) is 7.68. The Hall–Kier alpha value is -4.11. The zero-order valence-corrected chi connectivity index (χ0v) is 20.4. The Morgan fingerprint density at radius 2 is 1.59 bits per heavy atom. The number of nitro benzene ring substituents is 1. The topological polar surface area (TPSA) is 196 Å². The number of hydrogen-bond acceptors (Lipinski definition) is 13. The van der Waals surface area contributed by atoms with E-state index < -0.39 is 78.6 Å². The normalized spacial score (nSPS) is 22.8. The summed E-state index contributed by atoms with van der Waals surface area (Å²) in [6, 6.07) is 3.23. The largest absolute Gasteiger partial charge is 0.467 e. The molecule has 0 aromatic heterocycles. The molecule has 0 unspecified atom stereocenters. The SMILES string of the molecule is COC(=O)CO[C@@H]1[C@H](NC(=O)c2ccc([N+](=O)[O-])cc2)[C@H](OC(C)=O)O[C@@H](COC(C)=O)[C@H]1OC(C)=O. The molecule has 1 N–H and O–H groups in total. The molecular weight excluding hydrogens is 500 g/mol. The number of nitro groups is 1. The molecule has 5 atom stereocenters. The van der Waals surface area contributed by atoms with Gasteiger partial charge in [-0.1, -0.05) is 0 Å². The van der Waals surface area contributed by atoms with Gasteiger partial charge in [0.05, 0.1) is 12.0 Å². The lowest BCUT2D eigenvalue weighted by Gasteiger charge is -2.44. The molecule has 37 heavy (non-hydrogen) atoms. The Morgan fingerprint density at radius 3 is 2.11 bits per heavy atom. The summed E-state index contributed by atoms with van der Waals surface area (Å²) in [5.74, 6) is -3.89. The van der Waals surface area contributed by atoms with E-state index in [1.165, 1.54) is 12.1 Å². The number of esters is 4. The van der Waals surface area contributed by atoms with E-state index in [0.717, 1.165) is 40.0 Å². The zero-order valence-electron chi connectivity index (χ0n) is 20.4. The Bertz CT molecular complexity index is 1030. The lowest BCUT2D eigenvalue weighted by molar-refractivity contribution is -0.384. The van der Waals surface area contributed by atoms with E-state index in [2.05, 4.69) is 10.1 Å². The molecule has 0 bridgehead atoms. The summed E-state index contributed by atoms with van der Waals surface area (Å²) in [4.78, 5) is 70.1. The van der Waals surface area contributed by atoms with Crippen molar-refractivity contribution in [3.05, 3.63) is 39.9 Å². The van der Waals surface area contributed by atoms with Gasteiger partial charge in [-0.2, -0.15) is 0 Å². The van der Waals surface area contributed by atoms with Gasteiger partial charge in [-0.25, -0.2) is 4.79 Å². The Labute approximate surface area is 210 Å². The number of amides is 1. The molecule has 15 heteroatoms. The van der Waals surface area contributed by atoms with Crippen molar-refractivity contribution < 1.29 is 57.3 Å². The van der Waals surface area contributed by atoms with Crippen LogP contribution in [0.1, 0.15) is 31.1 Å². The average Bonchev–Trinajstić information content (AvgIpc) is 2.83. The standard InChI is InChI=1S/C22H26N2O13/c1-11(25)33-9-16-19(35-12(2)26)20(34-10-17(28)32-4)18(22(37-16)36-13(3)27)23-21(29)14-5-7-15(8-6-14)24(30)31/h5-8,16,18-20,22H,9-10H2,1-4H3,(H,23,29)/t16-,18-,19+,20+,22+/m0/s1. The van der Waals surface area contributed by atoms with E-state index in [4.69, 9.17) is 23.7 Å². The fraction of sp³-hybridized carbons (Fsp3) is 0.500. The number of carbonyl (C=O) groups is 5. The van der Waals surface area contributed by atoms with Crippen molar-refractivity contribution in [2.75, 3.05) is 20.3 Å². The van der Waals surface area contributed by atoms with Gasteiger partial charge in [0.2, 0.25) is 6.29 Å². The van der Waals surface area contributed by atoms with Crippen LogP contribution in [0.5, 0.6) is 0 Å².